The molecule has 0 bridgehead atoms. The van der Waals surface area contributed by atoms with Crippen LogP contribution in [0.4, 0.5) is 0 Å². The number of aromatic amines is 1. The van der Waals surface area contributed by atoms with Crippen LogP contribution in [0, 0.1) is 5.41 Å². The molecular weight excluding hydrogens is 486 g/mol. The maximum absolute atomic E-state index is 12.0. The Hall–Kier alpha value is -4.42. The Bertz CT molecular complexity index is 1640. The summed E-state index contributed by atoms with van der Waals surface area (Å²) in [6.07, 6.45) is 0. The van der Waals surface area contributed by atoms with Gasteiger partial charge in [-0.3, -0.25) is 10.2 Å². The number of benzene rings is 3. The van der Waals surface area contributed by atoms with Crippen molar-refractivity contribution in [3.63, 3.8) is 0 Å². The summed E-state index contributed by atoms with van der Waals surface area (Å²) < 4.78 is 29.4. The molecule has 0 aliphatic carbocycles. The monoisotopic (exact) mass is 509 g/mol. The fourth-order valence-corrected chi connectivity index (χ4v) is 4.35. The van der Waals surface area contributed by atoms with E-state index in [1.807, 2.05) is 0 Å². The second kappa shape index (κ2) is 8.98. The van der Waals surface area contributed by atoms with Crippen molar-refractivity contribution in [3.8, 4) is 34.0 Å². The molecule has 0 fully saturated rings. The molecule has 0 radical (unpaired) electrons. The van der Waals surface area contributed by atoms with Gasteiger partial charge in [-0.05, 0) is 61.0 Å². The molecule has 0 saturated carbocycles. The molecule has 11 nitrogen and oxygen atoms in total. The molecule has 1 heterocycles. The van der Waals surface area contributed by atoms with Crippen LogP contribution in [0.1, 0.15) is 24.0 Å². The van der Waals surface area contributed by atoms with E-state index in [1.165, 1.54) is 44.4 Å². The minimum atomic E-state index is -4.08. The molecule has 12 heteroatoms. The smallest absolute Gasteiger partial charge is 0.310 e. The van der Waals surface area contributed by atoms with Crippen molar-refractivity contribution in [2.75, 3.05) is 7.11 Å². The quantitative estimate of drug-likeness (QED) is 0.161. The summed E-state index contributed by atoms with van der Waals surface area (Å²) in [5.74, 6) is -2.02. The number of nitrogen functional groups attached to an aromatic ring is 1. The van der Waals surface area contributed by atoms with E-state index in [4.69, 9.17) is 21.0 Å². The zero-order valence-corrected chi connectivity index (χ0v) is 20.1. The first-order chi connectivity index (χ1) is 16.9. The van der Waals surface area contributed by atoms with Gasteiger partial charge in [-0.2, -0.15) is 0 Å². The van der Waals surface area contributed by atoms with Gasteiger partial charge in [-0.15, -0.1) is 0 Å². The number of phenols is 1. The molecule has 4 aromatic rings. The minimum absolute atomic E-state index is 0.128. The standard InChI is InChI=1S/C24H23N5O6S/c1-11(24(31)32)13-7-16(15-10-14(36(27,33)34)4-6-20(15)35-2)21(30)17(8-13)23-28-18-5-3-12(22(25)26)9-19(18)29-23/h3-11,30H,1-2H3,(H3,25,26)(H,28,29)(H,31,32)(H2,27,33,34). The first kappa shape index (κ1) is 24.7. The lowest BCUT2D eigenvalue weighted by atomic mass is 9.92. The number of hydrogen-bond donors (Lipinski definition) is 6. The van der Waals surface area contributed by atoms with E-state index in [-0.39, 0.29) is 44.7 Å². The second-order valence-corrected chi connectivity index (χ2v) is 9.72. The van der Waals surface area contributed by atoms with Gasteiger partial charge in [0.05, 0.1) is 34.5 Å². The number of carbonyl (C=O) groups is 1. The van der Waals surface area contributed by atoms with Gasteiger partial charge < -0.3 is 25.7 Å². The molecular formula is C24H23N5O6S. The van der Waals surface area contributed by atoms with Crippen LogP contribution in [0.5, 0.6) is 11.5 Å². The highest BCUT2D eigenvalue weighted by atomic mass is 32.2. The molecule has 0 amide bonds. The maximum atomic E-state index is 12.0. The van der Waals surface area contributed by atoms with Crippen molar-refractivity contribution in [1.29, 1.82) is 5.41 Å². The van der Waals surface area contributed by atoms with Crippen molar-refractivity contribution in [2.45, 2.75) is 17.7 Å². The lowest BCUT2D eigenvalue weighted by Gasteiger charge is -2.17. The average molecular weight is 510 g/mol. The van der Waals surface area contributed by atoms with Gasteiger partial charge in [0, 0.05) is 16.7 Å². The number of hydrogen-bond acceptors (Lipinski definition) is 7. The summed E-state index contributed by atoms with van der Waals surface area (Å²) in [6.45, 7) is 1.48. The number of fused-ring (bicyclic) bond motifs is 1. The number of carboxylic acids is 1. The molecule has 0 saturated heterocycles. The number of H-pyrrole nitrogens is 1. The molecule has 1 unspecified atom stereocenters. The third-order valence-electron chi connectivity index (χ3n) is 5.84. The number of amidine groups is 1. The van der Waals surface area contributed by atoms with Gasteiger partial charge in [0.1, 0.15) is 23.2 Å². The summed E-state index contributed by atoms with van der Waals surface area (Å²) in [4.78, 5) is 19.2. The molecule has 4 rings (SSSR count). The van der Waals surface area contributed by atoms with E-state index < -0.39 is 21.9 Å². The van der Waals surface area contributed by atoms with Crippen LogP contribution in [-0.2, 0) is 14.8 Å². The Morgan fingerprint density at radius 2 is 1.81 bits per heavy atom. The Morgan fingerprint density at radius 3 is 2.42 bits per heavy atom. The van der Waals surface area contributed by atoms with Gasteiger partial charge in [0.2, 0.25) is 10.0 Å². The number of aromatic nitrogens is 2. The maximum Gasteiger partial charge on any atom is 0.310 e. The van der Waals surface area contributed by atoms with Crippen LogP contribution >= 0.6 is 0 Å². The zero-order valence-electron chi connectivity index (χ0n) is 19.2. The highest BCUT2D eigenvalue weighted by Gasteiger charge is 2.24. The van der Waals surface area contributed by atoms with Crippen LogP contribution in [0.15, 0.2) is 53.4 Å². The highest BCUT2D eigenvalue weighted by molar-refractivity contribution is 7.89. The molecule has 36 heavy (non-hydrogen) atoms. The number of nitrogens with zero attached hydrogens (tertiary/aromatic N) is 1. The fraction of sp³-hybridized carbons (Fsp3) is 0.125. The number of methoxy groups -OCH3 is 1. The lowest BCUT2D eigenvalue weighted by molar-refractivity contribution is -0.138. The normalized spacial score (nSPS) is 12.4. The van der Waals surface area contributed by atoms with Crippen molar-refractivity contribution in [1.82, 2.24) is 9.97 Å². The van der Waals surface area contributed by atoms with E-state index in [0.29, 0.717) is 22.2 Å². The van der Waals surface area contributed by atoms with Crippen LogP contribution < -0.4 is 15.6 Å². The first-order valence-electron chi connectivity index (χ1n) is 10.6. The van der Waals surface area contributed by atoms with Crippen molar-refractivity contribution < 1.29 is 28.2 Å². The highest BCUT2D eigenvalue weighted by Crippen LogP contribution is 2.44. The summed E-state index contributed by atoms with van der Waals surface area (Å²) >= 11 is 0. The molecule has 3 aromatic carbocycles. The molecule has 0 aliphatic heterocycles. The Kier molecular flexibility index (Phi) is 6.16. The predicted octanol–water partition coefficient (Wildman–Crippen LogP) is 2.73. The van der Waals surface area contributed by atoms with Gasteiger partial charge in [-0.1, -0.05) is 0 Å². The van der Waals surface area contributed by atoms with Crippen molar-refractivity contribution >= 4 is 32.9 Å². The van der Waals surface area contributed by atoms with Gasteiger partial charge >= 0.3 is 5.97 Å². The number of sulfonamides is 1. The number of aromatic hydroxyl groups is 1. The summed E-state index contributed by atoms with van der Waals surface area (Å²) in [5.41, 5.74) is 7.94. The number of phenolic OH excluding ortho intramolecular Hbond substituents is 1. The minimum Gasteiger partial charge on any atom is -0.507 e. The van der Waals surface area contributed by atoms with Gasteiger partial charge in [-0.25, -0.2) is 18.5 Å². The Morgan fingerprint density at radius 1 is 1.11 bits per heavy atom. The number of aliphatic carboxylic acids is 1. The third kappa shape index (κ3) is 4.46. The second-order valence-electron chi connectivity index (χ2n) is 8.16. The zero-order chi connectivity index (χ0) is 26.4. The van der Waals surface area contributed by atoms with E-state index in [9.17, 15) is 23.4 Å². The Labute approximate surface area is 205 Å². The van der Waals surface area contributed by atoms with Crippen molar-refractivity contribution in [3.05, 3.63) is 59.7 Å². The SMILES string of the molecule is COc1ccc(S(N)(=O)=O)cc1-c1cc(C(C)C(=O)O)cc(-c2nc3cc(C(=N)N)ccc3[nH]2)c1O. The number of imidazole rings is 1. The third-order valence-corrected chi connectivity index (χ3v) is 6.75. The number of carboxylic acid groups (broad SMARTS) is 1. The summed E-state index contributed by atoms with van der Waals surface area (Å²) in [7, 11) is -2.70. The van der Waals surface area contributed by atoms with Gasteiger partial charge in [0.25, 0.3) is 0 Å². The van der Waals surface area contributed by atoms with E-state index in [0.717, 1.165) is 0 Å². The molecule has 0 spiro atoms. The van der Waals surface area contributed by atoms with E-state index in [2.05, 4.69) is 9.97 Å². The average Bonchev–Trinajstić information content (AvgIpc) is 3.25. The fourth-order valence-electron chi connectivity index (χ4n) is 3.81. The van der Waals surface area contributed by atoms with Crippen molar-refractivity contribution in [2.24, 2.45) is 10.9 Å². The van der Waals surface area contributed by atoms with Crippen LogP contribution in [-0.4, -0.2) is 47.5 Å². The number of nitrogens with one attached hydrogen (secondary N) is 2. The Balaban J connectivity index is 2.02. The summed E-state index contributed by atoms with van der Waals surface area (Å²) in [5, 5.41) is 33.9. The topological polar surface area (TPSA) is 205 Å². The summed E-state index contributed by atoms with van der Waals surface area (Å²) in [6, 6.07) is 11.8. The lowest BCUT2D eigenvalue weighted by Crippen LogP contribution is -2.12. The largest absolute Gasteiger partial charge is 0.507 e. The molecule has 1 atom stereocenters. The molecule has 186 valence electrons. The number of rotatable bonds is 7. The number of ether oxygens (including phenoxy) is 1. The van der Waals surface area contributed by atoms with Crippen LogP contribution in [0.25, 0.3) is 33.5 Å². The molecule has 1 aromatic heterocycles. The van der Waals surface area contributed by atoms with Crippen LogP contribution in [0.2, 0.25) is 0 Å². The van der Waals surface area contributed by atoms with Crippen LogP contribution in [0.3, 0.4) is 0 Å². The molecule has 0 aliphatic rings. The van der Waals surface area contributed by atoms with E-state index in [1.54, 1.807) is 18.2 Å². The van der Waals surface area contributed by atoms with Gasteiger partial charge in [0.15, 0.2) is 0 Å². The predicted molar refractivity (Wildman–Crippen MR) is 134 cm³/mol. The number of nitrogens with two attached hydrogens (primary N) is 2. The number of primary sulfonamides is 1. The first-order valence-corrected chi connectivity index (χ1v) is 12.1. The molecule has 8 N–H and O–H groups in total. The van der Waals surface area contributed by atoms with E-state index >= 15 is 0 Å².